The Balaban J connectivity index is 1.91. The third kappa shape index (κ3) is 1.89. The zero-order valence-electron chi connectivity index (χ0n) is 13.1. The molecule has 0 bridgehead atoms. The maximum Gasteiger partial charge on any atom is 0.261 e. The molecule has 4 nitrogen and oxygen atoms in total. The van der Waals surface area contributed by atoms with Gasteiger partial charge in [0.1, 0.15) is 5.69 Å². The lowest BCUT2D eigenvalue weighted by molar-refractivity contribution is 0.638. The van der Waals surface area contributed by atoms with E-state index in [0.717, 1.165) is 35.0 Å². The van der Waals surface area contributed by atoms with Crippen molar-refractivity contribution in [3.8, 4) is 11.5 Å². The topological polar surface area (TPSA) is 47.8 Å². The van der Waals surface area contributed by atoms with Gasteiger partial charge in [-0.3, -0.25) is 9.36 Å². The Morgan fingerprint density at radius 3 is 2.62 bits per heavy atom. The minimum Gasteiger partial charge on any atom is -0.291 e. The number of nitrogens with zero attached hydrogens (tertiary/aromatic N) is 3. The van der Waals surface area contributed by atoms with Crippen molar-refractivity contribution in [1.29, 1.82) is 0 Å². The molecule has 0 spiro atoms. The maximum atomic E-state index is 12.9. The predicted octanol–water partition coefficient (Wildman–Crippen LogP) is 3.56. The molecule has 24 heavy (non-hydrogen) atoms. The van der Waals surface area contributed by atoms with Crippen molar-refractivity contribution >= 4 is 21.8 Å². The quantitative estimate of drug-likeness (QED) is 0.499. The number of aromatic nitrogens is 3. The smallest absolute Gasteiger partial charge is 0.261 e. The second kappa shape index (κ2) is 4.99. The molecular weight excluding hydrogens is 298 g/mol. The molecule has 4 heteroatoms. The van der Waals surface area contributed by atoms with Gasteiger partial charge in [0, 0.05) is 11.9 Å². The molecule has 116 valence electrons. The van der Waals surface area contributed by atoms with E-state index in [9.17, 15) is 4.79 Å². The van der Waals surface area contributed by atoms with Crippen molar-refractivity contribution in [2.75, 3.05) is 0 Å². The van der Waals surface area contributed by atoms with Gasteiger partial charge in [-0.25, -0.2) is 9.97 Å². The second-order valence-electron chi connectivity index (χ2n) is 6.20. The van der Waals surface area contributed by atoms with Crippen LogP contribution in [-0.4, -0.2) is 14.5 Å². The fourth-order valence-corrected chi connectivity index (χ4v) is 3.53. The summed E-state index contributed by atoms with van der Waals surface area (Å²) < 4.78 is 1.79. The summed E-state index contributed by atoms with van der Waals surface area (Å²) in [6.07, 6.45) is 1.83. The van der Waals surface area contributed by atoms with E-state index in [1.165, 1.54) is 5.56 Å². The minimum atomic E-state index is 0.0263. The van der Waals surface area contributed by atoms with Crippen LogP contribution >= 0.6 is 0 Å². The van der Waals surface area contributed by atoms with Gasteiger partial charge in [-0.1, -0.05) is 30.3 Å². The van der Waals surface area contributed by atoms with E-state index in [0.29, 0.717) is 17.8 Å². The predicted molar refractivity (Wildman–Crippen MR) is 95.1 cm³/mol. The number of rotatable bonds is 0. The van der Waals surface area contributed by atoms with Crippen molar-refractivity contribution in [3.63, 3.8) is 0 Å². The van der Waals surface area contributed by atoms with Crippen LogP contribution in [-0.2, 0) is 13.0 Å². The van der Waals surface area contributed by atoms with Crippen LogP contribution in [0.1, 0.15) is 12.0 Å². The molecule has 2 aromatic heterocycles. The van der Waals surface area contributed by atoms with E-state index in [4.69, 9.17) is 9.97 Å². The van der Waals surface area contributed by atoms with Crippen LogP contribution in [0.15, 0.2) is 59.4 Å². The molecule has 0 saturated heterocycles. The highest BCUT2D eigenvalue weighted by Crippen LogP contribution is 2.28. The van der Waals surface area contributed by atoms with Crippen molar-refractivity contribution in [2.45, 2.75) is 19.4 Å². The number of hydrogen-bond donors (Lipinski definition) is 0. The summed E-state index contributed by atoms with van der Waals surface area (Å²) in [4.78, 5) is 22.5. The molecule has 0 aliphatic carbocycles. The van der Waals surface area contributed by atoms with Gasteiger partial charge >= 0.3 is 0 Å². The molecule has 1 aliphatic rings. The molecule has 0 atom stereocenters. The van der Waals surface area contributed by atoms with Crippen molar-refractivity contribution in [3.05, 3.63) is 70.5 Å². The highest BCUT2D eigenvalue weighted by Gasteiger charge is 2.20. The molecule has 0 fully saturated rings. The van der Waals surface area contributed by atoms with Gasteiger partial charge in [0.05, 0.1) is 16.4 Å². The van der Waals surface area contributed by atoms with Crippen LogP contribution in [0.4, 0.5) is 0 Å². The Hall–Kier alpha value is -3.01. The largest absolute Gasteiger partial charge is 0.291 e. The summed E-state index contributed by atoms with van der Waals surface area (Å²) >= 11 is 0. The average Bonchev–Trinajstić information content (AvgIpc) is 2.80. The summed E-state index contributed by atoms with van der Waals surface area (Å²) in [7, 11) is 0. The third-order valence-corrected chi connectivity index (χ3v) is 4.70. The van der Waals surface area contributed by atoms with Gasteiger partial charge in [0.25, 0.3) is 5.56 Å². The monoisotopic (exact) mass is 313 g/mol. The summed E-state index contributed by atoms with van der Waals surface area (Å²) in [5.41, 5.74) is 3.71. The van der Waals surface area contributed by atoms with E-state index in [2.05, 4.69) is 12.1 Å². The van der Waals surface area contributed by atoms with Crippen molar-refractivity contribution in [2.24, 2.45) is 0 Å². The molecule has 4 aromatic rings. The molecule has 3 heterocycles. The van der Waals surface area contributed by atoms with Crippen molar-refractivity contribution < 1.29 is 0 Å². The summed E-state index contributed by atoms with van der Waals surface area (Å²) in [5.74, 6) is 0.692. The first-order valence-electron chi connectivity index (χ1n) is 8.20. The van der Waals surface area contributed by atoms with Crippen LogP contribution in [0.2, 0.25) is 0 Å². The third-order valence-electron chi connectivity index (χ3n) is 4.70. The average molecular weight is 313 g/mol. The van der Waals surface area contributed by atoms with E-state index >= 15 is 0 Å². The fourth-order valence-electron chi connectivity index (χ4n) is 3.53. The lowest BCUT2D eigenvalue weighted by Crippen LogP contribution is -2.23. The van der Waals surface area contributed by atoms with Gasteiger partial charge in [-0.15, -0.1) is 0 Å². The maximum absolute atomic E-state index is 12.9. The number of pyridine rings is 1. The first-order valence-corrected chi connectivity index (χ1v) is 8.20. The van der Waals surface area contributed by atoms with Crippen LogP contribution in [0.3, 0.4) is 0 Å². The molecule has 1 aliphatic heterocycles. The van der Waals surface area contributed by atoms with E-state index in [1.807, 2.05) is 42.5 Å². The molecule has 0 unspecified atom stereocenters. The number of para-hydroxylation sites is 2. The summed E-state index contributed by atoms with van der Waals surface area (Å²) in [6.45, 7) is 0.679. The molecule has 2 aromatic carbocycles. The molecule has 0 N–H and O–H groups in total. The van der Waals surface area contributed by atoms with E-state index < -0.39 is 0 Å². The van der Waals surface area contributed by atoms with Crippen LogP contribution in [0, 0.1) is 0 Å². The van der Waals surface area contributed by atoms with Crippen LogP contribution in [0.5, 0.6) is 0 Å². The van der Waals surface area contributed by atoms with E-state index in [1.54, 1.807) is 4.57 Å². The van der Waals surface area contributed by atoms with E-state index in [-0.39, 0.29) is 5.56 Å². The first-order chi connectivity index (χ1) is 11.8. The number of aryl methyl sites for hydroxylation is 1. The van der Waals surface area contributed by atoms with Crippen LogP contribution in [0.25, 0.3) is 33.3 Å². The first kappa shape index (κ1) is 13.4. The molecule has 0 amide bonds. The Morgan fingerprint density at radius 1 is 0.917 bits per heavy atom. The highest BCUT2D eigenvalue weighted by molar-refractivity contribution is 5.84. The van der Waals surface area contributed by atoms with Gasteiger partial charge in [0.2, 0.25) is 0 Å². The summed E-state index contributed by atoms with van der Waals surface area (Å²) in [6, 6.07) is 17.8. The standard InChI is InChI=1S/C20H15N3O/c24-20-15-8-2-4-10-17(15)22-19-18-14(7-5-11-23(19)20)12-13-6-1-3-9-16(13)21-18/h1-4,6,8-10,12H,5,7,11H2. The molecule has 0 radical (unpaired) electrons. The second-order valence-corrected chi connectivity index (χ2v) is 6.20. The van der Waals surface area contributed by atoms with Crippen molar-refractivity contribution in [1.82, 2.24) is 14.5 Å². The number of fused-ring (bicyclic) bond motifs is 5. The zero-order chi connectivity index (χ0) is 16.1. The SMILES string of the molecule is O=c1c2ccccc2nc2n1CCCc1cc3ccccc3nc1-2. The van der Waals surface area contributed by atoms with Crippen LogP contribution < -0.4 is 5.56 Å². The Labute approximate surface area is 138 Å². The normalized spacial score (nSPS) is 13.5. The molecular formula is C20H15N3O. The zero-order valence-corrected chi connectivity index (χ0v) is 13.1. The number of benzene rings is 2. The summed E-state index contributed by atoms with van der Waals surface area (Å²) in [5, 5.41) is 1.80. The van der Waals surface area contributed by atoms with Gasteiger partial charge in [-0.2, -0.15) is 0 Å². The van der Waals surface area contributed by atoms with Gasteiger partial charge in [0.15, 0.2) is 5.82 Å². The highest BCUT2D eigenvalue weighted by atomic mass is 16.1. The molecule has 0 saturated carbocycles. The Bertz CT molecular complexity index is 1160. The Kier molecular flexibility index (Phi) is 2.80. The minimum absolute atomic E-state index is 0.0263. The fraction of sp³-hybridized carbons (Fsp3) is 0.150. The molecule has 5 rings (SSSR count). The van der Waals surface area contributed by atoms with Gasteiger partial charge < -0.3 is 0 Å². The van der Waals surface area contributed by atoms with Gasteiger partial charge in [-0.05, 0) is 42.7 Å². The number of hydrogen-bond acceptors (Lipinski definition) is 3. The Morgan fingerprint density at radius 2 is 1.71 bits per heavy atom. The lowest BCUT2D eigenvalue weighted by atomic mass is 10.1. The lowest BCUT2D eigenvalue weighted by Gasteiger charge is -2.12.